The van der Waals surface area contributed by atoms with Crippen LogP contribution in [0.3, 0.4) is 0 Å². The highest BCUT2D eigenvalue weighted by molar-refractivity contribution is 5.30. The molecule has 110 valence electrons. The van der Waals surface area contributed by atoms with E-state index in [1.165, 1.54) is 0 Å². The Balaban J connectivity index is 2.99. The Hall–Kier alpha value is -1.83. The third-order valence-corrected chi connectivity index (χ3v) is 2.61. The molecule has 0 aliphatic heterocycles. The largest absolute Gasteiger partial charge is 0.419 e. The van der Waals surface area contributed by atoms with Gasteiger partial charge in [-0.25, -0.2) is 4.39 Å². The highest BCUT2D eigenvalue weighted by Gasteiger charge is 2.36. The Labute approximate surface area is 111 Å². The lowest BCUT2D eigenvalue weighted by molar-refractivity contribution is -0.140. The van der Waals surface area contributed by atoms with Crippen molar-refractivity contribution in [2.75, 3.05) is 6.54 Å². The van der Waals surface area contributed by atoms with E-state index >= 15 is 0 Å². The first-order valence-electron chi connectivity index (χ1n) is 5.51. The Morgan fingerprint density at radius 1 is 1.30 bits per heavy atom. The zero-order valence-electron chi connectivity index (χ0n) is 10.0. The average Bonchev–Trinajstić information content (AvgIpc) is 2.37. The molecule has 0 radical (unpaired) electrons. The van der Waals surface area contributed by atoms with Gasteiger partial charge in [0.2, 0.25) is 0 Å². The minimum atomic E-state index is -4.89. The number of halogens is 4. The van der Waals surface area contributed by atoms with E-state index in [1.807, 2.05) is 0 Å². The monoisotopic (exact) mass is 293 g/mol. The van der Waals surface area contributed by atoms with Gasteiger partial charge >= 0.3 is 6.18 Å². The van der Waals surface area contributed by atoms with Crippen molar-refractivity contribution in [2.45, 2.75) is 24.8 Å². The molecule has 2 N–H and O–H groups in total. The minimum Gasteiger partial charge on any atom is -0.390 e. The fourth-order valence-electron chi connectivity index (χ4n) is 1.60. The molecular formula is C11H11F4N3O2. The van der Waals surface area contributed by atoms with E-state index in [1.54, 1.807) is 0 Å². The van der Waals surface area contributed by atoms with Gasteiger partial charge in [0, 0.05) is 17.0 Å². The maximum Gasteiger partial charge on any atom is 0.419 e. The first kappa shape index (κ1) is 16.2. The summed E-state index contributed by atoms with van der Waals surface area (Å²) in [5.74, 6) is -1.63. The number of aliphatic hydroxyl groups is 2. The summed E-state index contributed by atoms with van der Waals surface area (Å²) in [4.78, 5) is 2.41. The number of hydrogen-bond donors (Lipinski definition) is 2. The molecule has 0 saturated heterocycles. The molecule has 0 heterocycles. The van der Waals surface area contributed by atoms with Crippen LogP contribution in [0.25, 0.3) is 10.4 Å². The van der Waals surface area contributed by atoms with Gasteiger partial charge in [0.25, 0.3) is 0 Å². The fourth-order valence-corrected chi connectivity index (χ4v) is 1.60. The van der Waals surface area contributed by atoms with Crippen LogP contribution in [0.15, 0.2) is 23.3 Å². The molecule has 1 aromatic rings. The lowest BCUT2D eigenvalue weighted by Gasteiger charge is -2.19. The Morgan fingerprint density at radius 3 is 2.50 bits per heavy atom. The van der Waals surface area contributed by atoms with Gasteiger partial charge in [-0.3, -0.25) is 0 Å². The van der Waals surface area contributed by atoms with Crippen molar-refractivity contribution in [1.29, 1.82) is 0 Å². The normalized spacial score (nSPS) is 14.5. The molecule has 20 heavy (non-hydrogen) atoms. The number of nitrogens with zero attached hydrogens (tertiary/aromatic N) is 3. The third kappa shape index (κ3) is 3.83. The lowest BCUT2D eigenvalue weighted by Crippen LogP contribution is -2.21. The molecule has 9 heteroatoms. The second kappa shape index (κ2) is 6.56. The van der Waals surface area contributed by atoms with Crippen LogP contribution in [0.5, 0.6) is 0 Å². The van der Waals surface area contributed by atoms with Crippen molar-refractivity contribution in [1.82, 2.24) is 0 Å². The van der Waals surface area contributed by atoms with Crippen molar-refractivity contribution < 1.29 is 27.8 Å². The second-order valence-electron chi connectivity index (χ2n) is 3.96. The van der Waals surface area contributed by atoms with E-state index in [0.29, 0.717) is 6.07 Å². The quantitative estimate of drug-likeness (QED) is 0.378. The van der Waals surface area contributed by atoms with E-state index in [-0.39, 0.29) is 13.0 Å². The molecule has 1 rings (SSSR count). The summed E-state index contributed by atoms with van der Waals surface area (Å²) in [6.07, 6.45) is -8.48. The van der Waals surface area contributed by atoms with Gasteiger partial charge in [0.15, 0.2) is 0 Å². The molecule has 0 bridgehead atoms. The number of azide groups is 1. The molecule has 0 aliphatic carbocycles. The third-order valence-electron chi connectivity index (χ3n) is 2.61. The molecule has 2 atom stereocenters. The summed E-state index contributed by atoms with van der Waals surface area (Å²) in [6.45, 7) is -0.171. The van der Waals surface area contributed by atoms with Gasteiger partial charge in [0.1, 0.15) is 11.9 Å². The molecular weight excluding hydrogens is 282 g/mol. The first-order chi connectivity index (χ1) is 9.29. The number of hydrogen-bond acceptors (Lipinski definition) is 3. The maximum atomic E-state index is 13.7. The highest BCUT2D eigenvalue weighted by atomic mass is 19.4. The summed E-state index contributed by atoms with van der Waals surface area (Å²) in [5.41, 5.74) is 5.86. The van der Waals surface area contributed by atoms with E-state index in [2.05, 4.69) is 10.0 Å². The highest BCUT2D eigenvalue weighted by Crippen LogP contribution is 2.34. The van der Waals surface area contributed by atoms with Crippen LogP contribution in [0.4, 0.5) is 17.6 Å². The Morgan fingerprint density at radius 2 is 1.95 bits per heavy atom. The van der Waals surface area contributed by atoms with Crippen LogP contribution >= 0.6 is 0 Å². The smallest absolute Gasteiger partial charge is 0.390 e. The van der Waals surface area contributed by atoms with Crippen LogP contribution in [-0.4, -0.2) is 22.9 Å². The zero-order valence-corrected chi connectivity index (χ0v) is 10.0. The molecule has 0 fully saturated rings. The molecule has 0 spiro atoms. The second-order valence-corrected chi connectivity index (χ2v) is 3.96. The van der Waals surface area contributed by atoms with Crippen molar-refractivity contribution in [3.8, 4) is 0 Å². The standard InChI is InChI=1S/C11H11F4N3O2/c12-9-6(2-1-3-7(9)11(13,14)15)10(20)8(19)4-5-17-18-16/h1-3,8,10,19-20H,4-5H2. The molecule has 0 amide bonds. The van der Waals surface area contributed by atoms with Crippen LogP contribution in [0.2, 0.25) is 0 Å². The lowest BCUT2D eigenvalue weighted by atomic mass is 9.99. The van der Waals surface area contributed by atoms with Gasteiger partial charge in [-0.05, 0) is 18.0 Å². The number of benzene rings is 1. The Bertz CT molecular complexity index is 515. The number of rotatable bonds is 5. The number of alkyl halides is 3. The van der Waals surface area contributed by atoms with Gasteiger partial charge in [-0.15, -0.1) is 0 Å². The molecule has 0 saturated carbocycles. The van der Waals surface area contributed by atoms with E-state index in [9.17, 15) is 27.8 Å². The Kier molecular flexibility index (Phi) is 5.32. The summed E-state index contributed by atoms with van der Waals surface area (Å²) in [7, 11) is 0. The van der Waals surface area contributed by atoms with Crippen molar-refractivity contribution in [3.63, 3.8) is 0 Å². The molecule has 5 nitrogen and oxygen atoms in total. The van der Waals surface area contributed by atoms with Crippen molar-refractivity contribution in [2.24, 2.45) is 5.11 Å². The van der Waals surface area contributed by atoms with Crippen molar-refractivity contribution >= 4 is 0 Å². The first-order valence-corrected chi connectivity index (χ1v) is 5.51. The molecule has 0 aromatic heterocycles. The van der Waals surface area contributed by atoms with Crippen LogP contribution in [-0.2, 0) is 6.18 Å². The molecule has 2 unspecified atom stereocenters. The zero-order chi connectivity index (χ0) is 15.3. The maximum absolute atomic E-state index is 13.7. The van der Waals surface area contributed by atoms with Gasteiger partial charge in [-0.1, -0.05) is 17.2 Å². The van der Waals surface area contributed by atoms with Gasteiger partial charge in [-0.2, -0.15) is 13.2 Å². The number of aliphatic hydroxyl groups excluding tert-OH is 2. The predicted octanol–water partition coefficient (Wildman–Crippen LogP) is 2.94. The van der Waals surface area contributed by atoms with E-state index in [0.717, 1.165) is 12.1 Å². The summed E-state index contributed by atoms with van der Waals surface area (Å²) < 4.78 is 51.2. The summed E-state index contributed by atoms with van der Waals surface area (Å²) in [6, 6.07) is 2.43. The predicted molar refractivity (Wildman–Crippen MR) is 61.0 cm³/mol. The van der Waals surface area contributed by atoms with Crippen LogP contribution in [0, 0.1) is 5.82 Å². The van der Waals surface area contributed by atoms with E-state index < -0.39 is 35.3 Å². The minimum absolute atomic E-state index is 0.171. The summed E-state index contributed by atoms with van der Waals surface area (Å²) >= 11 is 0. The topological polar surface area (TPSA) is 89.2 Å². The van der Waals surface area contributed by atoms with Gasteiger partial charge < -0.3 is 10.2 Å². The summed E-state index contributed by atoms with van der Waals surface area (Å²) in [5, 5.41) is 22.3. The fraction of sp³-hybridized carbons (Fsp3) is 0.455. The molecule has 1 aromatic carbocycles. The van der Waals surface area contributed by atoms with Crippen LogP contribution < -0.4 is 0 Å². The SMILES string of the molecule is [N-]=[N+]=NCCC(O)C(O)c1cccc(C(F)(F)F)c1F. The van der Waals surface area contributed by atoms with Crippen molar-refractivity contribution in [3.05, 3.63) is 45.6 Å². The molecule has 0 aliphatic rings. The van der Waals surface area contributed by atoms with Crippen LogP contribution in [0.1, 0.15) is 23.7 Å². The van der Waals surface area contributed by atoms with Gasteiger partial charge in [0.05, 0.1) is 11.7 Å². The average molecular weight is 293 g/mol. The van der Waals surface area contributed by atoms with E-state index in [4.69, 9.17) is 5.53 Å².